The van der Waals surface area contributed by atoms with E-state index in [2.05, 4.69) is 23.3 Å². The first-order valence-electron chi connectivity index (χ1n) is 11.2. The van der Waals surface area contributed by atoms with Crippen LogP contribution in [-0.4, -0.2) is 24.2 Å². The number of nitrogens with one attached hydrogen (secondary N) is 2. The number of dihydropyridines is 1. The molecule has 0 bridgehead atoms. The number of hydrogen-bond donors (Lipinski definition) is 2. The summed E-state index contributed by atoms with van der Waals surface area (Å²) in [6, 6.07) is 15.8. The Kier molecular flexibility index (Phi) is 8.56. The summed E-state index contributed by atoms with van der Waals surface area (Å²) in [6.07, 6.45) is 1.50. The quantitative estimate of drug-likeness (QED) is 0.382. The predicted molar refractivity (Wildman–Crippen MR) is 141 cm³/mol. The number of esters is 1. The largest absolute Gasteiger partial charge is 0.458 e. The third-order valence-corrected chi connectivity index (χ3v) is 6.72. The van der Waals surface area contributed by atoms with Crippen LogP contribution in [0.5, 0.6) is 0 Å². The maximum absolute atomic E-state index is 12.9. The van der Waals surface area contributed by atoms with Gasteiger partial charge in [0, 0.05) is 11.4 Å². The molecule has 0 saturated carbocycles. The van der Waals surface area contributed by atoms with Crippen LogP contribution in [0.4, 0.5) is 5.69 Å². The van der Waals surface area contributed by atoms with Crippen molar-refractivity contribution in [3.63, 3.8) is 0 Å². The van der Waals surface area contributed by atoms with Crippen LogP contribution >= 0.6 is 11.8 Å². The minimum absolute atomic E-state index is 0.0714. The average molecular weight is 488 g/mol. The number of carbonyl (C=O) groups is 2. The summed E-state index contributed by atoms with van der Waals surface area (Å²) in [5.41, 5.74) is 5.96. The van der Waals surface area contributed by atoms with E-state index in [9.17, 15) is 14.9 Å². The molecule has 2 N–H and O–H groups in total. The maximum Gasteiger partial charge on any atom is 0.337 e. The van der Waals surface area contributed by atoms with Gasteiger partial charge in [-0.3, -0.25) is 4.79 Å². The fraction of sp³-hybridized carbons (Fsp3) is 0.250. The van der Waals surface area contributed by atoms with E-state index in [1.54, 1.807) is 6.92 Å². The number of nitrogens with zero attached hydrogens (tertiary/aromatic N) is 1. The second-order valence-corrected chi connectivity index (χ2v) is 9.34. The van der Waals surface area contributed by atoms with Crippen molar-refractivity contribution >= 4 is 29.3 Å². The van der Waals surface area contributed by atoms with Crippen molar-refractivity contribution in [1.82, 2.24) is 5.32 Å². The Morgan fingerprint density at radius 2 is 1.80 bits per heavy atom. The number of hydrogen-bond acceptors (Lipinski definition) is 6. The first-order chi connectivity index (χ1) is 16.8. The standard InChI is InChI=1S/C28H29N3O3S/c1-6-14-34-28(33)24-20(5)30-27(22(15-29)25(24)21-12-10-17(2)11-13-21)35-16-23(32)31-26-18(3)8-7-9-19(26)4/h6-13,25,30H,1,14,16H2,2-5H3,(H,31,32)/t25-/m1/s1. The number of ether oxygens (including phenoxy) is 1. The predicted octanol–water partition coefficient (Wildman–Crippen LogP) is 5.41. The van der Waals surface area contributed by atoms with Crippen LogP contribution in [0.1, 0.15) is 35.1 Å². The highest BCUT2D eigenvalue weighted by atomic mass is 32.2. The second-order valence-electron chi connectivity index (χ2n) is 8.35. The highest BCUT2D eigenvalue weighted by Crippen LogP contribution is 2.41. The molecule has 0 fully saturated rings. The molecule has 2 aromatic rings. The van der Waals surface area contributed by atoms with Gasteiger partial charge in [-0.25, -0.2) is 4.79 Å². The second kappa shape index (κ2) is 11.6. The number of benzene rings is 2. The molecule has 180 valence electrons. The van der Waals surface area contributed by atoms with Crippen LogP contribution in [0.25, 0.3) is 0 Å². The van der Waals surface area contributed by atoms with E-state index < -0.39 is 11.9 Å². The van der Waals surface area contributed by atoms with Gasteiger partial charge in [-0.05, 0) is 44.4 Å². The van der Waals surface area contributed by atoms with Crippen molar-refractivity contribution in [2.45, 2.75) is 33.6 Å². The topological polar surface area (TPSA) is 91.2 Å². The van der Waals surface area contributed by atoms with Gasteiger partial charge in [0.15, 0.2) is 0 Å². The third-order valence-electron chi connectivity index (χ3n) is 5.70. The van der Waals surface area contributed by atoms with E-state index in [4.69, 9.17) is 4.74 Å². The molecule has 1 atom stereocenters. The Bertz CT molecular complexity index is 1230. The number of anilines is 1. The van der Waals surface area contributed by atoms with E-state index in [1.807, 2.05) is 63.2 Å². The normalized spacial score (nSPS) is 15.2. The highest BCUT2D eigenvalue weighted by molar-refractivity contribution is 8.03. The van der Waals surface area contributed by atoms with Gasteiger partial charge in [0.05, 0.1) is 33.9 Å². The lowest BCUT2D eigenvalue weighted by molar-refractivity contribution is -0.138. The lowest BCUT2D eigenvalue weighted by Gasteiger charge is -2.29. The van der Waals surface area contributed by atoms with Gasteiger partial charge in [0.1, 0.15) is 6.61 Å². The number of allylic oxidation sites excluding steroid dienone is 2. The fourth-order valence-electron chi connectivity index (χ4n) is 3.93. The molecule has 6 nitrogen and oxygen atoms in total. The molecule has 2 aromatic carbocycles. The molecule has 0 saturated heterocycles. The molecule has 1 aliphatic heterocycles. The number of aryl methyl sites for hydroxylation is 3. The molecule has 0 spiro atoms. The Morgan fingerprint density at radius 3 is 2.40 bits per heavy atom. The van der Waals surface area contributed by atoms with Crippen LogP contribution in [0.15, 0.2) is 77.0 Å². The van der Waals surface area contributed by atoms with E-state index in [-0.39, 0.29) is 18.3 Å². The first-order valence-corrected chi connectivity index (χ1v) is 12.2. The van der Waals surface area contributed by atoms with Crippen molar-refractivity contribution in [2.75, 3.05) is 17.7 Å². The molecular weight excluding hydrogens is 458 g/mol. The molecule has 3 rings (SSSR count). The van der Waals surface area contributed by atoms with Crippen molar-refractivity contribution < 1.29 is 14.3 Å². The zero-order valence-electron chi connectivity index (χ0n) is 20.4. The zero-order valence-corrected chi connectivity index (χ0v) is 21.2. The molecule has 35 heavy (non-hydrogen) atoms. The number of carbonyl (C=O) groups excluding carboxylic acids is 2. The monoisotopic (exact) mass is 487 g/mol. The average Bonchev–Trinajstić information content (AvgIpc) is 2.83. The minimum Gasteiger partial charge on any atom is -0.458 e. The van der Waals surface area contributed by atoms with Crippen molar-refractivity contribution in [3.8, 4) is 6.07 Å². The summed E-state index contributed by atoms with van der Waals surface area (Å²) in [6.45, 7) is 11.3. The van der Waals surface area contributed by atoms with Crippen molar-refractivity contribution in [3.05, 3.63) is 99.2 Å². The van der Waals surface area contributed by atoms with Crippen molar-refractivity contribution in [2.24, 2.45) is 0 Å². The fourth-order valence-corrected chi connectivity index (χ4v) is 4.82. The number of thioether (sulfide) groups is 1. The van der Waals surface area contributed by atoms with Gasteiger partial charge < -0.3 is 15.4 Å². The molecule has 1 heterocycles. The Balaban J connectivity index is 1.91. The van der Waals surface area contributed by atoms with Gasteiger partial charge in [-0.15, -0.1) is 0 Å². The summed E-state index contributed by atoms with van der Waals surface area (Å²) < 4.78 is 5.33. The lowest BCUT2D eigenvalue weighted by atomic mass is 9.82. The Morgan fingerprint density at radius 1 is 1.14 bits per heavy atom. The highest BCUT2D eigenvalue weighted by Gasteiger charge is 2.35. The Labute approximate surface area is 210 Å². The molecule has 0 aromatic heterocycles. The van der Waals surface area contributed by atoms with Crippen LogP contribution in [-0.2, 0) is 14.3 Å². The van der Waals surface area contributed by atoms with Gasteiger partial charge in [0.2, 0.25) is 5.91 Å². The first kappa shape index (κ1) is 25.9. The SMILES string of the molecule is C=CCOC(=O)C1=C(C)NC(SCC(=O)Nc2c(C)cccc2C)=C(C#N)[C@H]1c1ccc(C)cc1. The maximum atomic E-state index is 12.9. The molecule has 0 aliphatic carbocycles. The minimum atomic E-state index is -0.608. The molecular formula is C28H29N3O3S. The van der Waals surface area contributed by atoms with Crippen LogP contribution in [0.3, 0.4) is 0 Å². The van der Waals surface area contributed by atoms with Crippen molar-refractivity contribution in [1.29, 1.82) is 5.26 Å². The van der Waals surface area contributed by atoms with E-state index in [0.29, 0.717) is 21.9 Å². The molecule has 1 amide bonds. The van der Waals surface area contributed by atoms with Crippen LogP contribution < -0.4 is 10.6 Å². The van der Waals surface area contributed by atoms with Gasteiger partial charge in [-0.2, -0.15) is 5.26 Å². The number of para-hydroxylation sites is 1. The van der Waals surface area contributed by atoms with E-state index in [1.165, 1.54) is 17.8 Å². The number of nitriles is 1. The summed E-state index contributed by atoms with van der Waals surface area (Å²) in [5.74, 6) is -1.19. The lowest BCUT2D eigenvalue weighted by Crippen LogP contribution is -2.29. The Hall–Kier alpha value is -3.76. The smallest absolute Gasteiger partial charge is 0.337 e. The molecule has 7 heteroatoms. The summed E-state index contributed by atoms with van der Waals surface area (Å²) in [5, 5.41) is 16.8. The van der Waals surface area contributed by atoms with Crippen LogP contribution in [0, 0.1) is 32.1 Å². The summed E-state index contributed by atoms with van der Waals surface area (Å²) >= 11 is 1.24. The molecule has 0 radical (unpaired) electrons. The third kappa shape index (κ3) is 6.03. The van der Waals surface area contributed by atoms with Gasteiger partial charge >= 0.3 is 5.97 Å². The molecule has 1 aliphatic rings. The van der Waals surface area contributed by atoms with Gasteiger partial charge in [-0.1, -0.05) is 72.4 Å². The number of rotatable bonds is 8. The molecule has 0 unspecified atom stereocenters. The zero-order chi connectivity index (χ0) is 25.5. The summed E-state index contributed by atoms with van der Waals surface area (Å²) in [4.78, 5) is 25.7. The van der Waals surface area contributed by atoms with E-state index in [0.717, 1.165) is 27.9 Å². The van der Waals surface area contributed by atoms with E-state index >= 15 is 0 Å². The van der Waals surface area contributed by atoms with Crippen LogP contribution in [0.2, 0.25) is 0 Å². The number of amides is 1. The van der Waals surface area contributed by atoms with Gasteiger partial charge in [0.25, 0.3) is 0 Å². The summed E-state index contributed by atoms with van der Waals surface area (Å²) in [7, 11) is 0.